The van der Waals surface area contributed by atoms with Crippen molar-refractivity contribution in [3.05, 3.63) is 82.4 Å². The SMILES string of the molecule is O=C(O)C1=CC2=c3ccccc3=Cc3c(NC(=O)C(F)(F)F)cccc3N2C=C1. The molecule has 0 radical (unpaired) electrons. The van der Waals surface area contributed by atoms with E-state index in [1.165, 1.54) is 24.3 Å². The first kappa shape index (κ1) is 18.5. The molecule has 0 spiro atoms. The maximum atomic E-state index is 12.8. The van der Waals surface area contributed by atoms with Crippen LogP contribution in [0.4, 0.5) is 24.5 Å². The van der Waals surface area contributed by atoms with Gasteiger partial charge < -0.3 is 15.3 Å². The zero-order valence-corrected chi connectivity index (χ0v) is 14.7. The number of hydrogen-bond donors (Lipinski definition) is 2. The van der Waals surface area contributed by atoms with Gasteiger partial charge in [0.05, 0.1) is 22.6 Å². The first-order valence-electron chi connectivity index (χ1n) is 8.50. The molecule has 2 aromatic rings. The average Bonchev–Trinajstić information content (AvgIpc) is 2.82. The topological polar surface area (TPSA) is 69.6 Å². The van der Waals surface area contributed by atoms with Crippen LogP contribution in [0, 0.1) is 0 Å². The van der Waals surface area contributed by atoms with E-state index < -0.39 is 18.1 Å². The summed E-state index contributed by atoms with van der Waals surface area (Å²) in [7, 11) is 0. The molecule has 8 heteroatoms. The summed E-state index contributed by atoms with van der Waals surface area (Å²) in [6.45, 7) is 0. The summed E-state index contributed by atoms with van der Waals surface area (Å²) in [5.74, 6) is -3.16. The quantitative estimate of drug-likeness (QED) is 0.816. The third-order valence-electron chi connectivity index (χ3n) is 4.59. The standard InChI is InChI=1S/C21H13F3N2O3/c22-21(23,24)20(29)25-16-6-3-7-17-15(16)10-12-4-1-2-5-14(12)18-11-13(19(27)28)8-9-26(17)18/h1-11H,(H,25,29)(H,27,28). The van der Waals surface area contributed by atoms with E-state index >= 15 is 0 Å². The lowest BCUT2D eigenvalue weighted by molar-refractivity contribution is -0.167. The maximum Gasteiger partial charge on any atom is 0.471 e. The van der Waals surface area contributed by atoms with Crippen molar-refractivity contribution in [2.24, 2.45) is 0 Å². The first-order chi connectivity index (χ1) is 13.8. The zero-order valence-electron chi connectivity index (χ0n) is 14.7. The van der Waals surface area contributed by atoms with E-state index in [0.717, 1.165) is 0 Å². The van der Waals surface area contributed by atoms with Crippen LogP contribution < -0.4 is 20.7 Å². The molecule has 0 aromatic heterocycles. The van der Waals surface area contributed by atoms with Crippen molar-refractivity contribution in [3.8, 4) is 0 Å². The van der Waals surface area contributed by atoms with Crippen molar-refractivity contribution in [1.82, 2.24) is 0 Å². The number of carboxylic acid groups (broad SMARTS) is 1. The third-order valence-corrected chi connectivity index (χ3v) is 4.59. The Labute approximate surface area is 162 Å². The predicted octanol–water partition coefficient (Wildman–Crippen LogP) is 2.48. The Kier molecular flexibility index (Phi) is 4.26. The number of carbonyl (C=O) groups is 2. The summed E-state index contributed by atoms with van der Waals surface area (Å²) in [5.41, 5.74) is 1.53. The number of fused-ring (bicyclic) bond motifs is 4. The molecule has 29 heavy (non-hydrogen) atoms. The Morgan fingerprint density at radius 1 is 1.00 bits per heavy atom. The van der Waals surface area contributed by atoms with Crippen LogP contribution in [0.1, 0.15) is 5.56 Å². The van der Waals surface area contributed by atoms with Gasteiger partial charge in [-0.15, -0.1) is 0 Å². The molecule has 0 fully saturated rings. The molecule has 2 heterocycles. The van der Waals surface area contributed by atoms with Crippen LogP contribution in [0.5, 0.6) is 0 Å². The number of hydrogen-bond acceptors (Lipinski definition) is 3. The fourth-order valence-corrected chi connectivity index (χ4v) is 3.28. The Bertz CT molecular complexity index is 1230. The highest BCUT2D eigenvalue weighted by atomic mass is 19.4. The van der Waals surface area contributed by atoms with Gasteiger partial charge in [0.1, 0.15) is 0 Å². The van der Waals surface area contributed by atoms with Crippen LogP contribution in [0.2, 0.25) is 0 Å². The number of rotatable bonds is 2. The Morgan fingerprint density at radius 2 is 1.76 bits per heavy atom. The minimum Gasteiger partial charge on any atom is -0.478 e. The Balaban J connectivity index is 1.97. The Hall–Kier alpha value is -3.81. The molecule has 5 nitrogen and oxygen atoms in total. The third kappa shape index (κ3) is 3.29. The van der Waals surface area contributed by atoms with Crippen molar-refractivity contribution in [3.63, 3.8) is 0 Å². The predicted molar refractivity (Wildman–Crippen MR) is 101 cm³/mol. The molecule has 0 saturated heterocycles. The summed E-state index contributed by atoms with van der Waals surface area (Å²) in [6, 6.07) is 11.7. The highest BCUT2D eigenvalue weighted by Crippen LogP contribution is 2.35. The number of nitrogens with zero attached hydrogens (tertiary/aromatic N) is 1. The van der Waals surface area contributed by atoms with Gasteiger partial charge >= 0.3 is 18.1 Å². The van der Waals surface area contributed by atoms with Gasteiger partial charge in [0.25, 0.3) is 0 Å². The second kappa shape index (κ2) is 6.66. The zero-order chi connectivity index (χ0) is 20.8. The van der Waals surface area contributed by atoms with E-state index in [1.54, 1.807) is 47.5 Å². The number of anilines is 2. The minimum atomic E-state index is -5.02. The molecule has 0 aliphatic carbocycles. The number of aliphatic carboxylic acids is 1. The molecule has 0 saturated carbocycles. The van der Waals surface area contributed by atoms with Crippen LogP contribution in [0.25, 0.3) is 11.8 Å². The van der Waals surface area contributed by atoms with Crippen LogP contribution in [-0.2, 0) is 9.59 Å². The van der Waals surface area contributed by atoms with E-state index in [2.05, 4.69) is 0 Å². The summed E-state index contributed by atoms with van der Waals surface area (Å²) in [6.07, 6.45) is 1.11. The van der Waals surface area contributed by atoms with Gasteiger partial charge in [-0.3, -0.25) is 4.79 Å². The number of benzene rings is 2. The smallest absolute Gasteiger partial charge is 0.471 e. The molecule has 0 unspecified atom stereocenters. The van der Waals surface area contributed by atoms with Gasteiger partial charge in [0, 0.05) is 17.0 Å². The summed E-state index contributed by atoms with van der Waals surface area (Å²) in [5, 5.41) is 12.7. The van der Waals surface area contributed by atoms with Crippen LogP contribution in [-0.4, -0.2) is 23.2 Å². The van der Waals surface area contributed by atoms with E-state index in [4.69, 9.17) is 0 Å². The molecule has 2 aliphatic rings. The Morgan fingerprint density at radius 3 is 2.48 bits per heavy atom. The second-order valence-corrected chi connectivity index (χ2v) is 6.40. The highest BCUT2D eigenvalue weighted by Gasteiger charge is 2.39. The molecule has 0 bridgehead atoms. The molecular formula is C21H13F3N2O3. The fourth-order valence-electron chi connectivity index (χ4n) is 3.28. The molecule has 2 N–H and O–H groups in total. The van der Waals surface area contributed by atoms with E-state index in [9.17, 15) is 27.9 Å². The number of amides is 1. The van der Waals surface area contributed by atoms with Crippen LogP contribution in [0.15, 0.2) is 66.4 Å². The van der Waals surface area contributed by atoms with Gasteiger partial charge in [-0.25, -0.2) is 4.79 Å². The number of nitrogens with one attached hydrogen (secondary N) is 1. The van der Waals surface area contributed by atoms with Crippen molar-refractivity contribution in [1.29, 1.82) is 0 Å². The number of alkyl halides is 3. The van der Waals surface area contributed by atoms with Gasteiger partial charge in [0.2, 0.25) is 0 Å². The molecule has 146 valence electrons. The summed E-state index contributed by atoms with van der Waals surface area (Å²) < 4.78 is 38.3. The molecule has 1 amide bonds. The number of halogens is 3. The van der Waals surface area contributed by atoms with Crippen molar-refractivity contribution >= 4 is 35.0 Å². The van der Waals surface area contributed by atoms with Crippen LogP contribution in [0.3, 0.4) is 0 Å². The largest absolute Gasteiger partial charge is 0.478 e. The lowest BCUT2D eigenvalue weighted by Gasteiger charge is -2.26. The normalized spacial score (nSPS) is 14.7. The number of carboxylic acids is 1. The fraction of sp³-hybridized carbons (Fsp3) is 0.0476. The lowest BCUT2D eigenvalue weighted by Crippen LogP contribution is -2.31. The average molecular weight is 398 g/mol. The summed E-state index contributed by atoms with van der Waals surface area (Å²) in [4.78, 5) is 24.6. The molecule has 2 aromatic carbocycles. The highest BCUT2D eigenvalue weighted by molar-refractivity contribution is 6.01. The lowest BCUT2D eigenvalue weighted by atomic mass is 10.1. The van der Waals surface area contributed by atoms with E-state index in [1.807, 2.05) is 5.32 Å². The molecular weight excluding hydrogens is 385 g/mol. The molecule has 2 aliphatic heterocycles. The van der Waals surface area contributed by atoms with Crippen LogP contribution >= 0.6 is 0 Å². The van der Waals surface area contributed by atoms with Gasteiger partial charge in [-0.1, -0.05) is 30.3 Å². The molecule has 4 rings (SSSR count). The van der Waals surface area contributed by atoms with Crippen molar-refractivity contribution in [2.75, 3.05) is 10.2 Å². The maximum absolute atomic E-state index is 12.8. The van der Waals surface area contributed by atoms with E-state index in [-0.39, 0.29) is 11.3 Å². The first-order valence-corrected chi connectivity index (χ1v) is 8.50. The van der Waals surface area contributed by atoms with Crippen molar-refractivity contribution < 1.29 is 27.9 Å². The van der Waals surface area contributed by atoms with Gasteiger partial charge in [0.15, 0.2) is 0 Å². The summed E-state index contributed by atoms with van der Waals surface area (Å²) >= 11 is 0. The van der Waals surface area contributed by atoms with E-state index in [0.29, 0.717) is 27.4 Å². The second-order valence-electron chi connectivity index (χ2n) is 6.40. The monoisotopic (exact) mass is 398 g/mol. The number of carbonyl (C=O) groups excluding carboxylic acids is 1. The van der Waals surface area contributed by atoms with Gasteiger partial charge in [-0.05, 0) is 35.6 Å². The minimum absolute atomic E-state index is 0.00212. The van der Waals surface area contributed by atoms with Crippen molar-refractivity contribution in [2.45, 2.75) is 6.18 Å². The molecule has 0 atom stereocenters. The van der Waals surface area contributed by atoms with Gasteiger partial charge in [-0.2, -0.15) is 13.2 Å².